The molecular formula is C19H30N4O2. The van der Waals surface area contributed by atoms with Gasteiger partial charge in [0, 0.05) is 12.2 Å². The fraction of sp³-hybridized carbons (Fsp3) is 0.579. The first-order chi connectivity index (χ1) is 12.0. The van der Waals surface area contributed by atoms with Crippen molar-refractivity contribution in [3.63, 3.8) is 0 Å². The van der Waals surface area contributed by atoms with Crippen molar-refractivity contribution >= 4 is 17.5 Å². The molecule has 1 aromatic rings. The van der Waals surface area contributed by atoms with E-state index in [0.717, 1.165) is 18.7 Å². The first kappa shape index (κ1) is 19.4. The van der Waals surface area contributed by atoms with Crippen molar-refractivity contribution in [2.24, 2.45) is 11.7 Å². The van der Waals surface area contributed by atoms with Crippen LogP contribution in [-0.4, -0.2) is 48.9 Å². The molecule has 1 heterocycles. The molecule has 1 fully saturated rings. The fourth-order valence-corrected chi connectivity index (χ4v) is 2.84. The molecule has 0 bridgehead atoms. The van der Waals surface area contributed by atoms with E-state index in [0.29, 0.717) is 0 Å². The number of carbonyl (C=O) groups is 2. The highest BCUT2D eigenvalue weighted by molar-refractivity contribution is 5.95. The molecule has 0 aliphatic carbocycles. The third kappa shape index (κ3) is 6.48. The molecule has 1 aliphatic heterocycles. The lowest BCUT2D eigenvalue weighted by molar-refractivity contribution is -0.125. The minimum absolute atomic E-state index is 0.0381. The largest absolute Gasteiger partial charge is 0.346 e. The van der Waals surface area contributed by atoms with Crippen LogP contribution in [0.15, 0.2) is 24.3 Å². The maximum Gasteiger partial charge on any atom is 0.243 e. The number of rotatable bonds is 8. The van der Waals surface area contributed by atoms with Gasteiger partial charge in [0.05, 0.1) is 12.6 Å². The van der Waals surface area contributed by atoms with Crippen molar-refractivity contribution < 1.29 is 9.59 Å². The molecule has 1 saturated heterocycles. The molecule has 1 aliphatic rings. The normalized spacial score (nSPS) is 16.0. The second kappa shape index (κ2) is 9.53. The second-order valence-electron chi connectivity index (χ2n) is 7.03. The third-order valence-electron chi connectivity index (χ3n) is 4.60. The van der Waals surface area contributed by atoms with Gasteiger partial charge >= 0.3 is 0 Å². The monoisotopic (exact) mass is 346 g/mol. The van der Waals surface area contributed by atoms with Crippen LogP contribution in [0.4, 0.5) is 5.69 Å². The fourth-order valence-electron chi connectivity index (χ4n) is 2.84. The molecule has 6 heteroatoms. The molecule has 25 heavy (non-hydrogen) atoms. The maximum atomic E-state index is 11.9. The van der Waals surface area contributed by atoms with Crippen LogP contribution in [0.25, 0.3) is 0 Å². The number of nitrogens with two attached hydrogens (primary N) is 1. The quantitative estimate of drug-likeness (QED) is 0.663. The Morgan fingerprint density at radius 2 is 1.80 bits per heavy atom. The number of nitrogens with zero attached hydrogens (tertiary/aromatic N) is 1. The van der Waals surface area contributed by atoms with Crippen LogP contribution >= 0.6 is 0 Å². The minimum atomic E-state index is -0.595. The number of hydrogen-bond acceptors (Lipinski definition) is 4. The first-order valence-electron chi connectivity index (χ1n) is 9.10. The van der Waals surface area contributed by atoms with Crippen molar-refractivity contribution in [3.05, 3.63) is 29.8 Å². The molecule has 0 spiro atoms. The first-order valence-corrected chi connectivity index (χ1v) is 9.10. The summed E-state index contributed by atoms with van der Waals surface area (Å²) >= 11 is 0. The van der Waals surface area contributed by atoms with Gasteiger partial charge < -0.3 is 21.3 Å². The Balaban J connectivity index is 1.72. The van der Waals surface area contributed by atoms with Gasteiger partial charge in [0.1, 0.15) is 0 Å². The van der Waals surface area contributed by atoms with Gasteiger partial charge in [-0.25, -0.2) is 0 Å². The summed E-state index contributed by atoms with van der Waals surface area (Å²) in [4.78, 5) is 26.2. The lowest BCUT2D eigenvalue weighted by Crippen LogP contribution is -2.46. The highest BCUT2D eigenvalue weighted by Gasteiger charge is 2.17. The molecule has 1 aromatic carbocycles. The number of benzene rings is 1. The predicted octanol–water partition coefficient (Wildman–Crippen LogP) is 1.36. The number of anilines is 1. The standard InChI is InChI=1S/C19H30N4O2/c1-14(2)18(20)19(25)21-13-17(24)22-16-7-5-15(6-8-16)9-12-23-10-3-4-11-23/h5-8,14,18H,3-4,9-13,20H2,1-2H3,(H,21,25)(H,22,24)/t18-/m0/s1. The second-order valence-corrected chi connectivity index (χ2v) is 7.03. The average Bonchev–Trinajstić information content (AvgIpc) is 3.12. The molecule has 1 atom stereocenters. The molecule has 138 valence electrons. The van der Waals surface area contributed by atoms with Crippen LogP contribution < -0.4 is 16.4 Å². The van der Waals surface area contributed by atoms with Crippen molar-refractivity contribution in [2.45, 2.75) is 39.2 Å². The van der Waals surface area contributed by atoms with Crippen LogP contribution in [-0.2, 0) is 16.0 Å². The topological polar surface area (TPSA) is 87.5 Å². The van der Waals surface area contributed by atoms with Crippen LogP contribution in [0.1, 0.15) is 32.3 Å². The summed E-state index contributed by atoms with van der Waals surface area (Å²) in [5.41, 5.74) is 7.74. The molecule has 4 N–H and O–H groups in total. The number of nitrogens with one attached hydrogen (secondary N) is 2. The van der Waals surface area contributed by atoms with E-state index in [1.165, 1.54) is 31.5 Å². The lowest BCUT2D eigenvalue weighted by Gasteiger charge is -2.15. The summed E-state index contributed by atoms with van der Waals surface area (Å²) in [7, 11) is 0. The van der Waals surface area contributed by atoms with E-state index in [-0.39, 0.29) is 24.3 Å². The Bertz CT molecular complexity index is 565. The van der Waals surface area contributed by atoms with Crippen molar-refractivity contribution in [1.82, 2.24) is 10.2 Å². The van der Waals surface area contributed by atoms with E-state index < -0.39 is 6.04 Å². The van der Waals surface area contributed by atoms with E-state index in [4.69, 9.17) is 5.73 Å². The van der Waals surface area contributed by atoms with Gasteiger partial charge in [-0.05, 0) is 56.0 Å². The molecule has 0 saturated carbocycles. The number of carbonyl (C=O) groups excluding carboxylic acids is 2. The molecule has 0 aromatic heterocycles. The summed E-state index contributed by atoms with van der Waals surface area (Å²) in [6.45, 7) is 7.18. The van der Waals surface area contributed by atoms with E-state index >= 15 is 0 Å². The van der Waals surface area contributed by atoms with Crippen LogP contribution in [0.3, 0.4) is 0 Å². The SMILES string of the molecule is CC(C)[C@H](N)C(=O)NCC(=O)Nc1ccc(CCN2CCCC2)cc1. The molecule has 2 rings (SSSR count). The Hall–Kier alpha value is -1.92. The Kier molecular flexibility index (Phi) is 7.40. The highest BCUT2D eigenvalue weighted by Crippen LogP contribution is 2.12. The Morgan fingerprint density at radius 3 is 2.40 bits per heavy atom. The Morgan fingerprint density at radius 1 is 1.16 bits per heavy atom. The lowest BCUT2D eigenvalue weighted by atomic mass is 10.1. The van der Waals surface area contributed by atoms with E-state index in [9.17, 15) is 9.59 Å². The zero-order valence-electron chi connectivity index (χ0n) is 15.3. The summed E-state index contributed by atoms with van der Waals surface area (Å²) in [6, 6.07) is 7.29. The summed E-state index contributed by atoms with van der Waals surface area (Å²) in [5.74, 6) is -0.521. The van der Waals surface area contributed by atoms with Crippen LogP contribution in [0, 0.1) is 5.92 Å². The third-order valence-corrected chi connectivity index (χ3v) is 4.60. The van der Waals surface area contributed by atoms with Gasteiger partial charge in [0.15, 0.2) is 0 Å². The number of likely N-dealkylation sites (tertiary alicyclic amines) is 1. The smallest absolute Gasteiger partial charge is 0.243 e. The number of amides is 2. The molecule has 0 radical (unpaired) electrons. The van der Waals surface area contributed by atoms with E-state index in [1.807, 2.05) is 38.1 Å². The van der Waals surface area contributed by atoms with Gasteiger partial charge in [0.2, 0.25) is 11.8 Å². The van der Waals surface area contributed by atoms with Gasteiger partial charge in [0.25, 0.3) is 0 Å². The van der Waals surface area contributed by atoms with Gasteiger partial charge in [-0.3, -0.25) is 9.59 Å². The molecule has 2 amide bonds. The zero-order valence-corrected chi connectivity index (χ0v) is 15.3. The van der Waals surface area contributed by atoms with Gasteiger partial charge in [-0.1, -0.05) is 26.0 Å². The van der Waals surface area contributed by atoms with Gasteiger partial charge in [-0.2, -0.15) is 0 Å². The average molecular weight is 346 g/mol. The van der Waals surface area contributed by atoms with Crippen molar-refractivity contribution in [2.75, 3.05) is 31.5 Å². The van der Waals surface area contributed by atoms with Crippen LogP contribution in [0.2, 0.25) is 0 Å². The minimum Gasteiger partial charge on any atom is -0.346 e. The van der Waals surface area contributed by atoms with Crippen molar-refractivity contribution in [1.29, 1.82) is 0 Å². The van der Waals surface area contributed by atoms with Crippen LogP contribution in [0.5, 0.6) is 0 Å². The Labute approximate surface area is 150 Å². The zero-order chi connectivity index (χ0) is 18.2. The molecular weight excluding hydrogens is 316 g/mol. The maximum absolute atomic E-state index is 11.9. The highest BCUT2D eigenvalue weighted by atomic mass is 16.2. The molecule has 0 unspecified atom stereocenters. The molecule has 6 nitrogen and oxygen atoms in total. The van der Waals surface area contributed by atoms with Gasteiger partial charge in [-0.15, -0.1) is 0 Å². The summed E-state index contributed by atoms with van der Waals surface area (Å²) in [6.07, 6.45) is 3.64. The predicted molar refractivity (Wildman–Crippen MR) is 100 cm³/mol. The van der Waals surface area contributed by atoms with E-state index in [1.54, 1.807) is 0 Å². The summed E-state index contributed by atoms with van der Waals surface area (Å²) < 4.78 is 0. The van der Waals surface area contributed by atoms with Crippen molar-refractivity contribution in [3.8, 4) is 0 Å². The number of hydrogen-bond donors (Lipinski definition) is 3. The van der Waals surface area contributed by atoms with E-state index in [2.05, 4.69) is 15.5 Å². The summed E-state index contributed by atoms with van der Waals surface area (Å²) in [5, 5.41) is 5.35.